The van der Waals surface area contributed by atoms with E-state index in [1.807, 2.05) is 12.1 Å². The Morgan fingerprint density at radius 3 is 2.73 bits per heavy atom. The van der Waals surface area contributed by atoms with Crippen molar-refractivity contribution >= 4 is 39.0 Å². The molecular weight excluding hydrogens is 538 g/mol. The van der Waals surface area contributed by atoms with Crippen molar-refractivity contribution in [2.24, 2.45) is 5.10 Å². The quantitative estimate of drug-likeness (QED) is 0.249. The van der Waals surface area contributed by atoms with E-state index in [0.717, 1.165) is 22.9 Å². The monoisotopic (exact) mass is 563 g/mol. The van der Waals surface area contributed by atoms with Crippen molar-refractivity contribution in [2.75, 3.05) is 7.11 Å². The number of unbranched alkanes of at least 4 members (excludes halogenated alkanes) is 1. The van der Waals surface area contributed by atoms with Gasteiger partial charge in [-0.1, -0.05) is 41.4 Å². The first-order chi connectivity index (χ1) is 17.9. The molecule has 0 aliphatic heterocycles. The first-order valence-electron chi connectivity index (χ1n) is 11.8. The van der Waals surface area contributed by atoms with Crippen LogP contribution in [0.25, 0.3) is 10.9 Å². The molecule has 0 amide bonds. The first-order valence-corrected chi connectivity index (χ1v) is 12.6. The SMILES string of the molecule is CCCCc1nc2ccc(Br)cc2c(=O)n1N=Cc1ccc(OCc2cccc(C(=O)O)c2)c(OC)c1. The molecule has 3 aromatic carbocycles. The number of nitrogens with zero attached hydrogens (tertiary/aromatic N) is 3. The predicted octanol–water partition coefficient (Wildman–Crippen LogP) is 5.67. The molecule has 4 rings (SSSR count). The molecule has 190 valence electrons. The Hall–Kier alpha value is -3.98. The van der Waals surface area contributed by atoms with Gasteiger partial charge in [0.05, 0.1) is 29.8 Å². The minimum absolute atomic E-state index is 0.180. The second-order valence-electron chi connectivity index (χ2n) is 8.36. The van der Waals surface area contributed by atoms with Gasteiger partial charge in [-0.05, 0) is 66.1 Å². The highest BCUT2D eigenvalue weighted by Crippen LogP contribution is 2.28. The van der Waals surface area contributed by atoms with Gasteiger partial charge in [0.2, 0.25) is 0 Å². The Bertz CT molecular complexity index is 1530. The van der Waals surface area contributed by atoms with Gasteiger partial charge >= 0.3 is 5.97 Å². The zero-order chi connectivity index (χ0) is 26.4. The van der Waals surface area contributed by atoms with Gasteiger partial charge < -0.3 is 14.6 Å². The number of halogens is 1. The summed E-state index contributed by atoms with van der Waals surface area (Å²) >= 11 is 3.42. The molecule has 0 saturated heterocycles. The fraction of sp³-hybridized carbons (Fsp3) is 0.214. The topological polar surface area (TPSA) is 103 Å². The van der Waals surface area contributed by atoms with Crippen LogP contribution in [-0.4, -0.2) is 34.1 Å². The molecule has 0 radical (unpaired) electrons. The summed E-state index contributed by atoms with van der Waals surface area (Å²) in [5.74, 6) is 0.596. The maximum atomic E-state index is 13.3. The molecule has 0 spiro atoms. The molecule has 37 heavy (non-hydrogen) atoms. The lowest BCUT2D eigenvalue weighted by Crippen LogP contribution is -2.22. The number of carboxylic acids is 1. The summed E-state index contributed by atoms with van der Waals surface area (Å²) in [5, 5.41) is 14.1. The molecule has 0 fully saturated rings. The Morgan fingerprint density at radius 1 is 1.14 bits per heavy atom. The van der Waals surface area contributed by atoms with E-state index >= 15 is 0 Å². The number of fused-ring (bicyclic) bond motifs is 1. The van der Waals surface area contributed by atoms with Crippen molar-refractivity contribution in [3.8, 4) is 11.5 Å². The van der Waals surface area contributed by atoms with E-state index in [9.17, 15) is 14.7 Å². The smallest absolute Gasteiger partial charge is 0.335 e. The maximum absolute atomic E-state index is 13.3. The lowest BCUT2D eigenvalue weighted by atomic mass is 10.1. The number of hydrogen-bond acceptors (Lipinski definition) is 6. The lowest BCUT2D eigenvalue weighted by molar-refractivity contribution is 0.0696. The van der Waals surface area contributed by atoms with E-state index in [-0.39, 0.29) is 17.7 Å². The Balaban J connectivity index is 1.60. The standard InChI is InChI=1S/C28H26BrN3O5/c1-3-4-8-26-31-23-11-10-21(29)15-22(23)27(33)32(26)30-16-18-9-12-24(25(14-18)36-2)37-17-19-6-5-7-20(13-19)28(34)35/h5-7,9-16H,3-4,8,17H2,1-2H3,(H,34,35). The molecule has 0 saturated carbocycles. The van der Waals surface area contributed by atoms with Crippen LogP contribution in [0.2, 0.25) is 0 Å². The van der Waals surface area contributed by atoms with Gasteiger partial charge in [0, 0.05) is 10.9 Å². The lowest BCUT2D eigenvalue weighted by Gasteiger charge is -2.12. The zero-order valence-corrected chi connectivity index (χ0v) is 22.1. The summed E-state index contributed by atoms with van der Waals surface area (Å²) < 4.78 is 13.5. The Labute approximate surface area is 222 Å². The van der Waals surface area contributed by atoms with Crippen LogP contribution in [-0.2, 0) is 13.0 Å². The van der Waals surface area contributed by atoms with Gasteiger partial charge in [-0.15, -0.1) is 0 Å². The van der Waals surface area contributed by atoms with Crippen LogP contribution in [0.5, 0.6) is 11.5 Å². The van der Waals surface area contributed by atoms with Crippen LogP contribution < -0.4 is 15.0 Å². The number of aromatic nitrogens is 2. The number of rotatable bonds is 10. The zero-order valence-electron chi connectivity index (χ0n) is 20.5. The van der Waals surface area contributed by atoms with E-state index in [0.29, 0.717) is 40.2 Å². The van der Waals surface area contributed by atoms with Crippen molar-refractivity contribution in [3.05, 3.63) is 98.0 Å². The molecule has 8 nitrogen and oxygen atoms in total. The Morgan fingerprint density at radius 2 is 1.97 bits per heavy atom. The van der Waals surface area contributed by atoms with Gasteiger partial charge in [0.25, 0.3) is 5.56 Å². The molecule has 0 bridgehead atoms. The molecule has 9 heteroatoms. The largest absolute Gasteiger partial charge is 0.493 e. The number of carboxylic acid groups (broad SMARTS) is 1. The molecule has 1 N–H and O–H groups in total. The fourth-order valence-electron chi connectivity index (χ4n) is 3.77. The van der Waals surface area contributed by atoms with Gasteiger partial charge in [-0.2, -0.15) is 9.78 Å². The average Bonchev–Trinajstić information content (AvgIpc) is 2.91. The summed E-state index contributed by atoms with van der Waals surface area (Å²) in [4.78, 5) is 29.2. The molecule has 4 aromatic rings. The Kier molecular flexibility index (Phi) is 8.35. The fourth-order valence-corrected chi connectivity index (χ4v) is 4.13. The molecular formula is C28H26BrN3O5. The second-order valence-corrected chi connectivity index (χ2v) is 9.27. The molecule has 0 aliphatic rings. The maximum Gasteiger partial charge on any atom is 0.335 e. The van der Waals surface area contributed by atoms with E-state index < -0.39 is 5.97 Å². The van der Waals surface area contributed by atoms with Gasteiger partial charge in [0.15, 0.2) is 11.5 Å². The van der Waals surface area contributed by atoms with Crippen molar-refractivity contribution in [1.29, 1.82) is 0 Å². The van der Waals surface area contributed by atoms with E-state index in [2.05, 4.69) is 28.0 Å². The number of ether oxygens (including phenoxy) is 2. The van der Waals surface area contributed by atoms with Crippen LogP contribution in [0, 0.1) is 0 Å². The molecule has 1 heterocycles. The van der Waals surface area contributed by atoms with E-state index in [4.69, 9.17) is 14.5 Å². The first kappa shape index (κ1) is 26.1. The summed E-state index contributed by atoms with van der Waals surface area (Å²) in [7, 11) is 1.53. The van der Waals surface area contributed by atoms with Crippen LogP contribution in [0.4, 0.5) is 0 Å². The highest BCUT2D eigenvalue weighted by Gasteiger charge is 2.12. The van der Waals surface area contributed by atoms with Crippen LogP contribution >= 0.6 is 15.9 Å². The van der Waals surface area contributed by atoms with E-state index in [1.165, 1.54) is 17.9 Å². The summed E-state index contributed by atoms with van der Waals surface area (Å²) in [6.07, 6.45) is 4.08. The van der Waals surface area contributed by atoms with Crippen molar-refractivity contribution in [1.82, 2.24) is 9.66 Å². The number of hydrogen-bond donors (Lipinski definition) is 1. The number of carbonyl (C=O) groups is 1. The minimum atomic E-state index is -0.991. The normalized spacial score (nSPS) is 11.2. The second kappa shape index (κ2) is 11.8. The van der Waals surface area contributed by atoms with Crippen LogP contribution in [0.3, 0.4) is 0 Å². The molecule has 0 unspecified atom stereocenters. The van der Waals surface area contributed by atoms with Crippen molar-refractivity contribution < 1.29 is 19.4 Å². The van der Waals surface area contributed by atoms with Crippen LogP contribution in [0.15, 0.2) is 75.0 Å². The summed E-state index contributed by atoms with van der Waals surface area (Å²) in [6, 6.07) is 17.3. The molecule has 0 aliphatic carbocycles. The molecule has 1 aromatic heterocycles. The van der Waals surface area contributed by atoms with Crippen LogP contribution in [0.1, 0.15) is 47.1 Å². The van der Waals surface area contributed by atoms with Crippen molar-refractivity contribution in [2.45, 2.75) is 32.8 Å². The third kappa shape index (κ3) is 6.24. The predicted molar refractivity (Wildman–Crippen MR) is 146 cm³/mol. The highest BCUT2D eigenvalue weighted by atomic mass is 79.9. The van der Waals surface area contributed by atoms with Gasteiger partial charge in [-0.25, -0.2) is 9.78 Å². The van der Waals surface area contributed by atoms with Gasteiger partial charge in [-0.3, -0.25) is 4.79 Å². The highest BCUT2D eigenvalue weighted by molar-refractivity contribution is 9.10. The molecule has 0 atom stereocenters. The third-order valence-corrected chi connectivity index (χ3v) is 6.20. The van der Waals surface area contributed by atoms with Gasteiger partial charge in [0.1, 0.15) is 12.4 Å². The number of aromatic carboxylic acids is 1. The minimum Gasteiger partial charge on any atom is -0.493 e. The summed E-state index contributed by atoms with van der Waals surface area (Å²) in [6.45, 7) is 2.27. The summed E-state index contributed by atoms with van der Waals surface area (Å²) in [5.41, 5.74) is 2.04. The average molecular weight is 564 g/mol. The number of methoxy groups -OCH3 is 1. The number of benzene rings is 3. The third-order valence-electron chi connectivity index (χ3n) is 5.71. The number of aryl methyl sites for hydroxylation is 1. The van der Waals surface area contributed by atoms with E-state index in [1.54, 1.807) is 48.7 Å². The van der Waals surface area contributed by atoms with Crippen molar-refractivity contribution in [3.63, 3.8) is 0 Å².